The number of alkyl halides is 12. The average molecular weight is 781 g/mol. The molecule has 0 fully saturated rings. The van der Waals surface area contributed by atoms with Gasteiger partial charge in [-0.15, -0.1) is 0 Å². The molecule has 0 N–H and O–H groups in total. The molecule has 0 atom stereocenters. The summed E-state index contributed by atoms with van der Waals surface area (Å²) < 4.78 is 178. The molecule has 0 aromatic heterocycles. The van der Waals surface area contributed by atoms with Crippen LogP contribution in [0.2, 0.25) is 0 Å². The highest BCUT2D eigenvalue weighted by Gasteiger charge is 2.54. The van der Waals surface area contributed by atoms with Gasteiger partial charge in [0.15, 0.2) is 0 Å². The van der Waals surface area contributed by atoms with Crippen molar-refractivity contribution in [3.8, 4) is 18.2 Å². The molecule has 56 heavy (non-hydrogen) atoms. The van der Waals surface area contributed by atoms with Crippen molar-refractivity contribution < 1.29 is 52.7 Å². The number of hydrogen-bond acceptors (Lipinski definition) is 3. The molecule has 0 bridgehead atoms. The second kappa shape index (κ2) is 13.2. The molecule has 0 heterocycles. The maximum atomic E-state index is 15.8. The Balaban J connectivity index is 2.24. The Morgan fingerprint density at radius 1 is 0.536 bits per heavy atom. The largest absolute Gasteiger partial charge is 0.417 e. The van der Waals surface area contributed by atoms with Gasteiger partial charge in [0.1, 0.15) is 6.07 Å². The first-order valence-corrected chi connectivity index (χ1v) is 15.0. The molecule has 0 aliphatic heterocycles. The van der Waals surface area contributed by atoms with Crippen LogP contribution in [0.4, 0.5) is 52.7 Å². The van der Waals surface area contributed by atoms with Gasteiger partial charge in [-0.1, -0.05) is 29.3 Å². The molecule has 5 rings (SSSR count). The number of fused-ring (bicyclic) bond motifs is 2. The molecule has 6 nitrogen and oxygen atoms in total. The standard InChI is InChI=1S/C38H12F12N6/c1-15-6-16(2)8-17(7-15)25-28(23(14-53)55-4)30-31(34(25)56-5)32(37(45,46)47)26-21(12-51)24(27(22(13-52)54-3)29(26)33(30)38(48,49)50)18-9-19(35(39,40)41)11-20(10-18)36(42,43)44/h6-11H,1-2H3/b27-22-,28-23+. The van der Waals surface area contributed by atoms with Gasteiger partial charge in [0.2, 0.25) is 5.70 Å². The Labute approximate surface area is 307 Å². The van der Waals surface area contributed by atoms with Crippen molar-refractivity contribution in [1.29, 1.82) is 15.8 Å². The SMILES string of the molecule is [C-]#[N+]C1=C(c2cc(C)cc(C)c2)/C(=C(/C#N)[N+]#[C-])c2c1c(C(F)(F)F)c1c(c2C(F)(F)F)/C(=C(/C#N)[N+]#[C-])C(c2cc(C(F)(F)F)cc(C(F)(F)F)c2)=C1C#N. The van der Waals surface area contributed by atoms with Gasteiger partial charge in [-0.05, 0) is 71.0 Å². The van der Waals surface area contributed by atoms with E-state index in [4.69, 9.17) is 19.7 Å². The lowest BCUT2D eigenvalue weighted by Gasteiger charge is -2.25. The Morgan fingerprint density at radius 3 is 1.32 bits per heavy atom. The van der Waals surface area contributed by atoms with Crippen LogP contribution >= 0.6 is 0 Å². The fraction of sp³-hybridized carbons (Fsp3) is 0.158. The number of aryl methyl sites for hydroxylation is 2. The van der Waals surface area contributed by atoms with Crippen LogP contribution in [0.25, 0.3) is 48.1 Å². The summed E-state index contributed by atoms with van der Waals surface area (Å²) in [5, 5.41) is 30.3. The van der Waals surface area contributed by atoms with Crippen molar-refractivity contribution in [2.45, 2.75) is 38.6 Å². The summed E-state index contributed by atoms with van der Waals surface area (Å²) in [4.78, 5) is 8.78. The Hall–Kier alpha value is -7.28. The highest BCUT2D eigenvalue weighted by Crippen LogP contribution is 2.63. The monoisotopic (exact) mass is 780 g/mol. The summed E-state index contributed by atoms with van der Waals surface area (Å²) in [7, 11) is 0. The minimum absolute atomic E-state index is 0.109. The van der Waals surface area contributed by atoms with Crippen molar-refractivity contribution >= 4 is 33.6 Å². The zero-order valence-electron chi connectivity index (χ0n) is 27.7. The lowest BCUT2D eigenvalue weighted by Crippen LogP contribution is -2.20. The van der Waals surface area contributed by atoms with Crippen molar-refractivity contribution in [2.75, 3.05) is 0 Å². The summed E-state index contributed by atoms with van der Waals surface area (Å²) in [6.45, 7) is 26.0. The van der Waals surface area contributed by atoms with Crippen LogP contribution < -0.4 is 0 Å². The topological polar surface area (TPSA) is 84.4 Å². The smallest absolute Gasteiger partial charge is 0.237 e. The summed E-state index contributed by atoms with van der Waals surface area (Å²) in [6, 6.07) is 6.95. The Bertz CT molecular complexity index is 2620. The molecule has 2 aliphatic rings. The molecule has 3 aromatic carbocycles. The second-order valence-electron chi connectivity index (χ2n) is 12.0. The molecule has 18 heteroatoms. The minimum atomic E-state index is -5.97. The number of nitriles is 3. The van der Waals surface area contributed by atoms with Crippen molar-refractivity contribution in [1.82, 2.24) is 0 Å². The predicted molar refractivity (Wildman–Crippen MR) is 173 cm³/mol. The van der Waals surface area contributed by atoms with E-state index in [2.05, 4.69) is 14.5 Å². The van der Waals surface area contributed by atoms with Gasteiger partial charge in [0.25, 0.3) is 11.4 Å². The molecular weight excluding hydrogens is 768 g/mol. The molecule has 0 amide bonds. The molecule has 278 valence electrons. The summed E-state index contributed by atoms with van der Waals surface area (Å²) in [5.41, 5.74) is -27.3. The van der Waals surface area contributed by atoms with Crippen LogP contribution in [-0.4, -0.2) is 0 Å². The second-order valence-corrected chi connectivity index (χ2v) is 12.0. The van der Waals surface area contributed by atoms with Gasteiger partial charge in [-0.3, -0.25) is 0 Å². The van der Waals surface area contributed by atoms with E-state index in [1.807, 2.05) is 0 Å². The first kappa shape index (κ1) is 39.9. The zero-order chi connectivity index (χ0) is 42.0. The molecule has 2 aliphatic carbocycles. The van der Waals surface area contributed by atoms with Crippen LogP contribution in [0.1, 0.15) is 66.8 Å². The van der Waals surface area contributed by atoms with Crippen LogP contribution in [-0.2, 0) is 24.7 Å². The van der Waals surface area contributed by atoms with E-state index in [0.717, 1.165) is 12.1 Å². The first-order valence-electron chi connectivity index (χ1n) is 15.0. The third-order valence-electron chi connectivity index (χ3n) is 8.56. The zero-order valence-corrected chi connectivity index (χ0v) is 27.7. The highest BCUT2D eigenvalue weighted by molar-refractivity contribution is 6.30. The van der Waals surface area contributed by atoms with Gasteiger partial charge in [0.05, 0.1) is 59.7 Å². The van der Waals surface area contributed by atoms with E-state index in [1.54, 1.807) is 0 Å². The molecule has 0 unspecified atom stereocenters. The van der Waals surface area contributed by atoms with E-state index in [0.29, 0.717) is 11.1 Å². The first-order chi connectivity index (χ1) is 25.9. The maximum absolute atomic E-state index is 15.8. The number of hydrogen-bond donors (Lipinski definition) is 0. The van der Waals surface area contributed by atoms with Gasteiger partial charge in [0, 0.05) is 16.7 Å². The van der Waals surface area contributed by atoms with Gasteiger partial charge < -0.3 is 0 Å². The van der Waals surface area contributed by atoms with Gasteiger partial charge >= 0.3 is 24.7 Å². The number of rotatable bonds is 2. The van der Waals surface area contributed by atoms with Crippen molar-refractivity contribution in [2.24, 2.45) is 0 Å². The van der Waals surface area contributed by atoms with E-state index >= 15 is 26.3 Å². The molecule has 0 radical (unpaired) electrons. The van der Waals surface area contributed by atoms with Crippen LogP contribution in [0.3, 0.4) is 0 Å². The van der Waals surface area contributed by atoms with Crippen LogP contribution in [0.15, 0.2) is 47.8 Å². The lowest BCUT2D eigenvalue weighted by atomic mass is 9.82. The summed E-state index contributed by atoms with van der Waals surface area (Å²) in [6.07, 6.45) is -23.1. The molecule has 0 saturated carbocycles. The van der Waals surface area contributed by atoms with Crippen LogP contribution in [0, 0.1) is 67.6 Å². The molecular formula is C38H12F12N6. The fourth-order valence-corrected chi connectivity index (χ4v) is 6.81. The summed E-state index contributed by atoms with van der Waals surface area (Å²) in [5.74, 6) is 0. The Kier molecular flexibility index (Phi) is 9.43. The maximum Gasteiger partial charge on any atom is 0.417 e. The fourth-order valence-electron chi connectivity index (χ4n) is 6.81. The highest BCUT2D eigenvalue weighted by atomic mass is 19.4. The van der Waals surface area contributed by atoms with E-state index in [9.17, 15) is 42.1 Å². The Morgan fingerprint density at radius 2 is 0.946 bits per heavy atom. The van der Waals surface area contributed by atoms with Gasteiger partial charge in [-0.25, -0.2) is 25.1 Å². The molecule has 0 spiro atoms. The summed E-state index contributed by atoms with van der Waals surface area (Å²) >= 11 is 0. The number of allylic oxidation sites excluding steroid dienone is 7. The van der Waals surface area contributed by atoms with E-state index in [-0.39, 0.29) is 17.7 Å². The molecule has 0 saturated heterocycles. The van der Waals surface area contributed by atoms with Crippen molar-refractivity contribution in [3.05, 3.63) is 149 Å². The average Bonchev–Trinajstić information content (AvgIpc) is 3.59. The number of nitrogens with zero attached hydrogens (tertiary/aromatic N) is 6. The van der Waals surface area contributed by atoms with Crippen LogP contribution in [0.5, 0.6) is 0 Å². The number of benzene rings is 3. The molecule has 3 aromatic rings. The minimum Gasteiger partial charge on any atom is -0.237 e. The predicted octanol–water partition coefficient (Wildman–Crippen LogP) is 11.9. The van der Waals surface area contributed by atoms with Gasteiger partial charge in [-0.2, -0.15) is 57.9 Å². The quantitative estimate of drug-likeness (QED) is 0.147. The van der Waals surface area contributed by atoms with E-state index in [1.165, 1.54) is 38.1 Å². The number of halogens is 12. The third-order valence-corrected chi connectivity index (χ3v) is 8.56. The van der Waals surface area contributed by atoms with E-state index < -0.39 is 126 Å². The third kappa shape index (κ3) is 6.28. The normalized spacial score (nSPS) is 15.9. The lowest BCUT2D eigenvalue weighted by molar-refractivity contribution is -0.143. The van der Waals surface area contributed by atoms with Crippen molar-refractivity contribution in [3.63, 3.8) is 0 Å².